The standard InChI is InChI=1S/C23H18F2N2O5S/c1-23-17(20(29)30-2)18(14-5-3-4-6-15(14)32-23)27-19(28)16(33-22(27)26-23)11-12-7-9-13(10-8-12)31-21(24)25/h3-11,17-18,21H,1-2H3/t17-,18+,23+/m0/s1. The van der Waals surface area contributed by atoms with Gasteiger partial charge in [-0.15, -0.1) is 0 Å². The van der Waals surface area contributed by atoms with E-state index in [1.165, 1.54) is 35.1 Å². The maximum Gasteiger partial charge on any atom is 0.387 e. The quantitative estimate of drug-likeness (QED) is 0.545. The number of esters is 1. The largest absolute Gasteiger partial charge is 0.469 e. The molecule has 1 aromatic heterocycles. The molecule has 0 saturated heterocycles. The lowest BCUT2D eigenvalue weighted by Crippen LogP contribution is -2.58. The minimum absolute atomic E-state index is 0.0238. The summed E-state index contributed by atoms with van der Waals surface area (Å²) in [7, 11) is 1.29. The van der Waals surface area contributed by atoms with Gasteiger partial charge in [0.2, 0.25) is 5.72 Å². The van der Waals surface area contributed by atoms with Crippen molar-refractivity contribution in [3.05, 3.63) is 79.3 Å². The van der Waals surface area contributed by atoms with E-state index in [2.05, 4.69) is 9.73 Å². The second-order valence-electron chi connectivity index (χ2n) is 7.77. The second kappa shape index (κ2) is 7.80. The molecule has 5 rings (SSSR count). The molecular weight excluding hydrogens is 454 g/mol. The van der Waals surface area contributed by atoms with Gasteiger partial charge in [-0.05, 0) is 36.8 Å². The number of halogens is 2. The Kier molecular flexibility index (Phi) is 5.04. The number of aromatic nitrogens is 1. The molecule has 2 aliphatic heterocycles. The fraction of sp³-hybridized carbons (Fsp3) is 0.261. The van der Waals surface area contributed by atoms with E-state index in [-0.39, 0.29) is 11.3 Å². The Balaban J connectivity index is 1.67. The van der Waals surface area contributed by atoms with Crippen LogP contribution < -0.4 is 24.4 Å². The molecule has 10 heteroatoms. The number of hydrogen-bond acceptors (Lipinski definition) is 7. The number of hydrogen-bond donors (Lipinski definition) is 0. The highest BCUT2D eigenvalue weighted by atomic mass is 32.1. The molecule has 0 saturated carbocycles. The van der Waals surface area contributed by atoms with Crippen molar-refractivity contribution in [2.24, 2.45) is 10.9 Å². The summed E-state index contributed by atoms with van der Waals surface area (Å²) in [5, 5.41) is 0. The number of carbonyl (C=O) groups excluding carboxylic acids is 1. The van der Waals surface area contributed by atoms with Gasteiger partial charge in [-0.2, -0.15) is 8.78 Å². The zero-order valence-corrected chi connectivity index (χ0v) is 18.3. The maximum absolute atomic E-state index is 13.5. The minimum Gasteiger partial charge on any atom is -0.469 e. The van der Waals surface area contributed by atoms with Crippen LogP contribution in [-0.2, 0) is 9.53 Å². The van der Waals surface area contributed by atoms with Gasteiger partial charge in [-0.1, -0.05) is 41.7 Å². The van der Waals surface area contributed by atoms with Crippen molar-refractivity contribution in [3.8, 4) is 11.5 Å². The summed E-state index contributed by atoms with van der Waals surface area (Å²) >= 11 is 1.17. The van der Waals surface area contributed by atoms with E-state index in [1.807, 2.05) is 18.2 Å². The maximum atomic E-state index is 13.5. The van der Waals surface area contributed by atoms with E-state index in [4.69, 9.17) is 9.47 Å². The van der Waals surface area contributed by atoms with E-state index in [0.717, 1.165) is 0 Å². The normalized spacial score (nSPS) is 23.2. The lowest BCUT2D eigenvalue weighted by Gasteiger charge is -2.44. The van der Waals surface area contributed by atoms with Gasteiger partial charge in [0.15, 0.2) is 4.80 Å². The van der Waals surface area contributed by atoms with E-state index in [9.17, 15) is 18.4 Å². The summed E-state index contributed by atoms with van der Waals surface area (Å²) in [6, 6.07) is 12.5. The van der Waals surface area contributed by atoms with Gasteiger partial charge in [0.05, 0.1) is 17.7 Å². The monoisotopic (exact) mass is 472 g/mol. The Morgan fingerprint density at radius 3 is 2.67 bits per heavy atom. The first-order valence-electron chi connectivity index (χ1n) is 10.0. The molecule has 0 spiro atoms. The molecule has 3 aromatic rings. The predicted octanol–water partition coefficient (Wildman–Crippen LogP) is 2.46. The van der Waals surface area contributed by atoms with E-state index in [1.54, 1.807) is 31.2 Å². The first-order valence-corrected chi connectivity index (χ1v) is 10.9. The Bertz CT molecular complexity index is 1420. The number of benzene rings is 2. The van der Waals surface area contributed by atoms with Crippen LogP contribution in [0.1, 0.15) is 24.1 Å². The number of fused-ring (bicyclic) bond motifs is 6. The van der Waals surface area contributed by atoms with Crippen LogP contribution in [0.3, 0.4) is 0 Å². The molecule has 3 atom stereocenters. The lowest BCUT2D eigenvalue weighted by atomic mass is 9.81. The molecule has 170 valence electrons. The van der Waals surface area contributed by atoms with Crippen LogP contribution in [0.15, 0.2) is 58.3 Å². The second-order valence-corrected chi connectivity index (χ2v) is 8.78. The number of nitrogens with zero attached hydrogens (tertiary/aromatic N) is 2. The summed E-state index contributed by atoms with van der Waals surface area (Å²) in [5.41, 5.74) is -0.233. The average molecular weight is 472 g/mol. The highest BCUT2D eigenvalue weighted by molar-refractivity contribution is 7.07. The van der Waals surface area contributed by atoms with Crippen molar-refractivity contribution in [2.75, 3.05) is 7.11 Å². The van der Waals surface area contributed by atoms with Crippen molar-refractivity contribution in [2.45, 2.75) is 25.3 Å². The first-order chi connectivity index (χ1) is 15.8. The number of carbonyl (C=O) groups is 1. The minimum atomic E-state index is -2.91. The fourth-order valence-electron chi connectivity index (χ4n) is 4.33. The molecule has 2 aromatic carbocycles. The molecule has 0 amide bonds. The lowest BCUT2D eigenvalue weighted by molar-refractivity contribution is -0.158. The van der Waals surface area contributed by atoms with Crippen molar-refractivity contribution in [3.63, 3.8) is 0 Å². The Labute approximate surface area is 190 Å². The molecule has 2 bridgehead atoms. The van der Waals surface area contributed by atoms with Crippen molar-refractivity contribution in [1.29, 1.82) is 0 Å². The molecule has 0 fully saturated rings. The highest BCUT2D eigenvalue weighted by Gasteiger charge is 2.55. The van der Waals surface area contributed by atoms with Gasteiger partial charge < -0.3 is 14.2 Å². The highest BCUT2D eigenvalue weighted by Crippen LogP contribution is 2.47. The zero-order valence-electron chi connectivity index (χ0n) is 17.5. The van der Waals surface area contributed by atoms with E-state index >= 15 is 0 Å². The van der Waals surface area contributed by atoms with Gasteiger partial charge in [-0.25, -0.2) is 4.99 Å². The Hall–Kier alpha value is -3.53. The Morgan fingerprint density at radius 2 is 1.97 bits per heavy atom. The van der Waals surface area contributed by atoms with Gasteiger partial charge in [0, 0.05) is 5.56 Å². The first kappa shape index (κ1) is 21.3. The number of methoxy groups -OCH3 is 1. The topological polar surface area (TPSA) is 79.1 Å². The fourth-order valence-corrected chi connectivity index (χ4v) is 5.43. The number of ether oxygens (including phenoxy) is 3. The summed E-state index contributed by atoms with van der Waals surface area (Å²) in [6.45, 7) is -1.21. The molecular formula is C23H18F2N2O5S. The number of para-hydroxylation sites is 1. The summed E-state index contributed by atoms with van der Waals surface area (Å²) < 4.78 is 42.2. The van der Waals surface area contributed by atoms with Crippen LogP contribution in [0, 0.1) is 5.92 Å². The molecule has 0 aliphatic carbocycles. The number of alkyl halides is 2. The summed E-state index contributed by atoms with van der Waals surface area (Å²) in [4.78, 5) is 31.3. The van der Waals surface area contributed by atoms with Crippen LogP contribution in [-0.4, -0.2) is 30.0 Å². The third-order valence-electron chi connectivity index (χ3n) is 5.74. The molecule has 3 heterocycles. The van der Waals surface area contributed by atoms with Gasteiger partial charge in [0.25, 0.3) is 5.56 Å². The average Bonchev–Trinajstić information content (AvgIpc) is 3.07. The number of thiazole rings is 1. The SMILES string of the molecule is COC(=O)[C@@H]1[C@H]2c3ccccc3O[C@@]1(C)N=c1sc(=Cc3ccc(OC(F)F)cc3)c(=O)n12. The zero-order chi connectivity index (χ0) is 23.3. The third-order valence-corrected chi connectivity index (χ3v) is 6.72. The molecule has 0 radical (unpaired) electrons. The molecule has 2 aliphatic rings. The van der Waals surface area contributed by atoms with Gasteiger partial charge in [0.1, 0.15) is 17.4 Å². The number of rotatable bonds is 4. The van der Waals surface area contributed by atoms with Crippen molar-refractivity contribution < 1.29 is 27.8 Å². The molecule has 0 N–H and O–H groups in total. The smallest absolute Gasteiger partial charge is 0.387 e. The van der Waals surface area contributed by atoms with Crippen LogP contribution in [0.2, 0.25) is 0 Å². The van der Waals surface area contributed by atoms with E-state index < -0.39 is 30.3 Å². The molecule has 0 unspecified atom stereocenters. The van der Waals surface area contributed by atoms with Crippen molar-refractivity contribution in [1.82, 2.24) is 4.57 Å². The van der Waals surface area contributed by atoms with Crippen LogP contribution in [0.25, 0.3) is 6.08 Å². The molecule has 33 heavy (non-hydrogen) atoms. The molecule has 7 nitrogen and oxygen atoms in total. The van der Waals surface area contributed by atoms with E-state index in [0.29, 0.717) is 26.2 Å². The van der Waals surface area contributed by atoms with Crippen LogP contribution in [0.5, 0.6) is 11.5 Å². The summed E-state index contributed by atoms with van der Waals surface area (Å²) in [6.07, 6.45) is 1.65. The van der Waals surface area contributed by atoms with Gasteiger partial charge >= 0.3 is 12.6 Å². The van der Waals surface area contributed by atoms with Crippen molar-refractivity contribution >= 4 is 23.4 Å². The predicted molar refractivity (Wildman–Crippen MR) is 115 cm³/mol. The Morgan fingerprint density at radius 1 is 1.24 bits per heavy atom. The summed E-state index contributed by atoms with van der Waals surface area (Å²) in [5.74, 6) is -0.797. The third kappa shape index (κ3) is 3.50. The van der Waals surface area contributed by atoms with Gasteiger partial charge in [-0.3, -0.25) is 14.2 Å². The van der Waals surface area contributed by atoms with Crippen LogP contribution in [0.4, 0.5) is 8.78 Å². The van der Waals surface area contributed by atoms with Crippen LogP contribution >= 0.6 is 11.3 Å².